The summed E-state index contributed by atoms with van der Waals surface area (Å²) in [6.45, 7) is 11.3. The van der Waals surface area contributed by atoms with Gasteiger partial charge in [-0.3, -0.25) is 19.3 Å². The van der Waals surface area contributed by atoms with Crippen LogP contribution in [0.25, 0.3) is 11.1 Å². The maximum Gasteiger partial charge on any atom is 0.305 e. The second kappa shape index (κ2) is 13.6. The number of carbonyl (C=O) groups is 2. The highest BCUT2D eigenvalue weighted by molar-refractivity contribution is 5.82. The van der Waals surface area contributed by atoms with Gasteiger partial charge >= 0.3 is 5.97 Å². The van der Waals surface area contributed by atoms with Crippen molar-refractivity contribution in [3.8, 4) is 11.1 Å². The lowest BCUT2D eigenvalue weighted by atomic mass is 9.92. The van der Waals surface area contributed by atoms with Crippen LogP contribution in [0.15, 0.2) is 41.2 Å². The molecule has 0 saturated carbocycles. The van der Waals surface area contributed by atoms with Crippen molar-refractivity contribution in [3.05, 3.63) is 86.3 Å². The first-order valence-corrected chi connectivity index (χ1v) is 15.1. The lowest BCUT2D eigenvalue weighted by Crippen LogP contribution is -2.57. The van der Waals surface area contributed by atoms with Crippen LogP contribution >= 0.6 is 0 Å². The second-order valence-electron chi connectivity index (χ2n) is 12.9. The molecule has 0 spiro atoms. The zero-order chi connectivity index (χ0) is 33.2. The standard InChI is InChI=1S/C34H41F3N4O4/c1-19(2)12-28(41-33(45)22(5)14-24(39-41)10-11-40-17-34(6,37)18-40)32(44)38-27(16-29(42)43)25-15-23(13-21(4)31(25)36)30-20(3)8-7-9-26(30)35/h7-9,13-15,19,27-28H,10-12,16-18H2,1-6H3,(H,38,44)(H,42,43)/t27-,28-/m0/s1. The lowest BCUT2D eigenvalue weighted by Gasteiger charge is -2.42. The molecule has 2 atom stereocenters. The number of carboxylic acid groups (broad SMARTS) is 1. The number of amides is 1. The van der Waals surface area contributed by atoms with Crippen molar-refractivity contribution in [2.45, 2.75) is 78.6 Å². The minimum absolute atomic E-state index is 0.0639. The van der Waals surface area contributed by atoms with Gasteiger partial charge in [-0.05, 0) is 81.0 Å². The van der Waals surface area contributed by atoms with Gasteiger partial charge in [0.15, 0.2) is 0 Å². The summed E-state index contributed by atoms with van der Waals surface area (Å²) < 4.78 is 45.6. The van der Waals surface area contributed by atoms with Crippen LogP contribution in [0.3, 0.4) is 0 Å². The monoisotopic (exact) mass is 626 g/mol. The molecule has 0 aliphatic carbocycles. The van der Waals surface area contributed by atoms with E-state index in [2.05, 4.69) is 10.4 Å². The van der Waals surface area contributed by atoms with Crippen LogP contribution < -0.4 is 10.9 Å². The van der Waals surface area contributed by atoms with Crippen molar-refractivity contribution in [1.29, 1.82) is 0 Å². The summed E-state index contributed by atoms with van der Waals surface area (Å²) in [5, 5.41) is 16.9. The number of aryl methyl sites for hydroxylation is 3. The zero-order valence-electron chi connectivity index (χ0n) is 26.6. The quantitative estimate of drug-likeness (QED) is 0.271. The molecular weight excluding hydrogens is 585 g/mol. The Balaban J connectivity index is 1.70. The summed E-state index contributed by atoms with van der Waals surface area (Å²) in [6.07, 6.45) is -0.0216. The van der Waals surface area contributed by atoms with Crippen molar-refractivity contribution in [3.63, 3.8) is 0 Å². The van der Waals surface area contributed by atoms with Crippen LogP contribution in [0.2, 0.25) is 0 Å². The molecule has 3 aromatic rings. The van der Waals surface area contributed by atoms with E-state index in [9.17, 15) is 28.3 Å². The van der Waals surface area contributed by atoms with Gasteiger partial charge in [0.05, 0.1) is 18.2 Å². The Bertz CT molecular complexity index is 1620. The van der Waals surface area contributed by atoms with Gasteiger partial charge in [-0.25, -0.2) is 17.9 Å². The van der Waals surface area contributed by atoms with Gasteiger partial charge in [0.25, 0.3) is 5.56 Å². The largest absolute Gasteiger partial charge is 0.481 e. The highest BCUT2D eigenvalue weighted by Gasteiger charge is 2.38. The summed E-state index contributed by atoms with van der Waals surface area (Å²) in [7, 11) is 0. The normalized spacial score (nSPS) is 15.9. The molecule has 1 amide bonds. The molecule has 2 N–H and O–H groups in total. The first-order chi connectivity index (χ1) is 21.1. The average molecular weight is 627 g/mol. The SMILES string of the molecule is Cc1cc(-c2c(C)cccc2F)cc([C@H](CC(=O)O)NC(=O)[C@H](CC(C)C)n2nc(CCN3CC(C)(F)C3)cc(C)c2=O)c1F. The van der Waals surface area contributed by atoms with Crippen molar-refractivity contribution in [2.75, 3.05) is 19.6 Å². The molecule has 8 nitrogen and oxygen atoms in total. The van der Waals surface area contributed by atoms with Crippen LogP contribution in [-0.2, 0) is 16.0 Å². The number of rotatable bonds is 12. The Hall–Kier alpha value is -3.99. The average Bonchev–Trinajstić information content (AvgIpc) is 2.92. The first kappa shape index (κ1) is 33.9. The Morgan fingerprint density at radius 1 is 1.07 bits per heavy atom. The molecule has 1 fully saturated rings. The van der Waals surface area contributed by atoms with E-state index in [0.717, 1.165) is 4.68 Å². The minimum atomic E-state index is -1.32. The number of nitrogens with zero attached hydrogens (tertiary/aromatic N) is 3. The molecule has 0 radical (unpaired) electrons. The molecular formula is C34H41F3N4O4. The zero-order valence-corrected chi connectivity index (χ0v) is 26.6. The van der Waals surface area contributed by atoms with Crippen molar-refractivity contribution in [1.82, 2.24) is 20.0 Å². The minimum Gasteiger partial charge on any atom is -0.481 e. The molecule has 1 aliphatic rings. The van der Waals surface area contributed by atoms with Gasteiger partial charge in [0.2, 0.25) is 5.91 Å². The van der Waals surface area contributed by atoms with Gasteiger partial charge in [-0.2, -0.15) is 5.10 Å². The predicted molar refractivity (Wildman–Crippen MR) is 166 cm³/mol. The molecule has 1 aromatic heterocycles. The van der Waals surface area contributed by atoms with Gasteiger partial charge in [0, 0.05) is 42.7 Å². The van der Waals surface area contributed by atoms with Gasteiger partial charge in [-0.1, -0.05) is 26.0 Å². The topological polar surface area (TPSA) is 105 Å². The molecule has 1 saturated heterocycles. The van der Waals surface area contributed by atoms with Crippen LogP contribution in [0, 0.1) is 38.3 Å². The van der Waals surface area contributed by atoms with Crippen LogP contribution in [-0.4, -0.2) is 57.0 Å². The van der Waals surface area contributed by atoms with Gasteiger partial charge < -0.3 is 10.4 Å². The van der Waals surface area contributed by atoms with E-state index in [1.165, 1.54) is 25.1 Å². The Morgan fingerprint density at radius 3 is 2.36 bits per heavy atom. The van der Waals surface area contributed by atoms with E-state index in [1.54, 1.807) is 39.0 Å². The molecule has 2 aromatic carbocycles. The van der Waals surface area contributed by atoms with E-state index in [1.807, 2.05) is 18.7 Å². The fourth-order valence-corrected chi connectivity index (χ4v) is 5.99. The first-order valence-electron chi connectivity index (χ1n) is 15.1. The highest BCUT2D eigenvalue weighted by atomic mass is 19.1. The Morgan fingerprint density at radius 2 is 1.76 bits per heavy atom. The van der Waals surface area contributed by atoms with E-state index < -0.39 is 53.2 Å². The van der Waals surface area contributed by atoms with E-state index in [-0.39, 0.29) is 29.0 Å². The summed E-state index contributed by atoms with van der Waals surface area (Å²) in [5.41, 5.74) is 0.480. The molecule has 0 bridgehead atoms. The molecule has 242 valence electrons. The maximum atomic E-state index is 15.7. The third kappa shape index (κ3) is 8.00. The second-order valence-corrected chi connectivity index (χ2v) is 12.9. The maximum absolute atomic E-state index is 15.7. The van der Waals surface area contributed by atoms with Gasteiger partial charge in [-0.15, -0.1) is 0 Å². The van der Waals surface area contributed by atoms with Crippen LogP contribution in [0.5, 0.6) is 0 Å². The number of aliphatic carboxylic acids is 1. The van der Waals surface area contributed by atoms with Crippen LogP contribution in [0.4, 0.5) is 13.2 Å². The van der Waals surface area contributed by atoms with Crippen molar-refractivity contribution >= 4 is 11.9 Å². The third-order valence-corrected chi connectivity index (χ3v) is 8.11. The van der Waals surface area contributed by atoms with E-state index in [4.69, 9.17) is 0 Å². The third-order valence-electron chi connectivity index (χ3n) is 8.11. The molecule has 1 aliphatic heterocycles. The molecule has 4 rings (SSSR count). The van der Waals surface area contributed by atoms with Crippen molar-refractivity contribution in [2.24, 2.45) is 5.92 Å². The summed E-state index contributed by atoms with van der Waals surface area (Å²) >= 11 is 0. The number of hydrogen-bond donors (Lipinski definition) is 2. The number of benzene rings is 2. The lowest BCUT2D eigenvalue weighted by molar-refractivity contribution is -0.138. The Labute approximate surface area is 261 Å². The van der Waals surface area contributed by atoms with E-state index >= 15 is 4.39 Å². The summed E-state index contributed by atoms with van der Waals surface area (Å²) in [5.74, 6) is -3.28. The Kier molecular flexibility index (Phi) is 10.2. The molecule has 2 heterocycles. The van der Waals surface area contributed by atoms with Crippen LogP contribution in [0.1, 0.15) is 73.6 Å². The number of nitrogens with one attached hydrogen (secondary N) is 1. The smallest absolute Gasteiger partial charge is 0.305 e. The number of aromatic nitrogens is 2. The summed E-state index contributed by atoms with van der Waals surface area (Å²) in [4.78, 5) is 41.1. The van der Waals surface area contributed by atoms with Crippen molar-refractivity contribution < 1.29 is 27.9 Å². The fraction of sp³-hybridized carbons (Fsp3) is 0.471. The number of halogens is 3. The number of alkyl halides is 1. The molecule has 0 unspecified atom stereocenters. The molecule has 45 heavy (non-hydrogen) atoms. The predicted octanol–water partition coefficient (Wildman–Crippen LogP) is 5.62. The van der Waals surface area contributed by atoms with E-state index in [0.29, 0.717) is 48.4 Å². The number of likely N-dealkylation sites (tertiary alicyclic amines) is 1. The summed E-state index contributed by atoms with van der Waals surface area (Å²) in [6, 6.07) is 6.62. The number of carbonyl (C=O) groups excluding carboxylic acids is 1. The number of hydrogen-bond acceptors (Lipinski definition) is 5. The van der Waals surface area contributed by atoms with Gasteiger partial charge in [0.1, 0.15) is 23.3 Å². The highest BCUT2D eigenvalue weighted by Crippen LogP contribution is 2.33. The number of carboxylic acids is 1. The molecule has 11 heteroatoms. The fourth-order valence-electron chi connectivity index (χ4n) is 5.99.